The number of amides is 1. The number of likely N-dealkylation sites (N-methyl/N-ethyl adjacent to an activating group) is 4. The highest BCUT2D eigenvalue weighted by molar-refractivity contribution is 5.75. The number of carbonyl (C=O) groups is 4. The number of nitrogens with zero attached hydrogens (tertiary/aromatic N) is 4. The van der Waals surface area contributed by atoms with Gasteiger partial charge in [-0.15, -0.1) is 0 Å². The van der Waals surface area contributed by atoms with Crippen LogP contribution in [0.15, 0.2) is 30.3 Å². The lowest BCUT2D eigenvalue weighted by molar-refractivity contribution is -1.01. The first-order valence-corrected chi connectivity index (χ1v) is 17.1. The number of methoxy groups -OCH3 is 2. The van der Waals surface area contributed by atoms with Crippen molar-refractivity contribution in [1.29, 1.82) is 0 Å². The van der Waals surface area contributed by atoms with E-state index in [1.807, 2.05) is 27.2 Å². The van der Waals surface area contributed by atoms with Crippen molar-refractivity contribution in [3.63, 3.8) is 0 Å². The maximum atomic E-state index is 13.0. The zero-order valence-corrected chi connectivity index (χ0v) is 30.2. The van der Waals surface area contributed by atoms with Crippen LogP contribution in [-0.4, -0.2) is 174 Å². The van der Waals surface area contributed by atoms with Crippen molar-refractivity contribution in [3.8, 4) is 0 Å². The average Bonchev–Trinajstić information content (AvgIpc) is 3.03. The Balaban J connectivity index is 2.13. The standard InChI is InChI=1S/C35H61N5O7/c1-30(31-14-9-8-10-15-31)13-11-12-17-36-32(41)16-18-37(2)19-21-38(3,27-33(42)43)23-24-40(5,29-35(45)47-7)26-25-39(4,22-20-37)28-34(44)46-6/h8-10,14-15,30H,11-13,16-29H2,1-7H3/q+2/p+2/t30?,37-,38+,39+,40+/m1/s1. The van der Waals surface area contributed by atoms with E-state index in [0.29, 0.717) is 95.7 Å². The number of aliphatic carboxylic acids is 1. The Bertz CT molecular complexity index is 1170. The van der Waals surface area contributed by atoms with Gasteiger partial charge >= 0.3 is 17.9 Å². The second-order valence-corrected chi connectivity index (χ2v) is 14.9. The number of quaternary nitrogens is 4. The van der Waals surface area contributed by atoms with Crippen LogP contribution in [-0.2, 0) is 28.7 Å². The van der Waals surface area contributed by atoms with Gasteiger partial charge in [-0.1, -0.05) is 43.7 Å². The molecule has 2 N–H and O–H groups in total. The molecule has 0 radical (unpaired) electrons. The molecule has 0 aromatic heterocycles. The monoisotopic (exact) mass is 665 g/mol. The SMILES string of the molecule is COC(=O)C[N@@+]1(C)CC[N@+](C)(CCC(=O)NCCCCC(C)c2ccccc2)CC[N@+](C)(CC(=O)O)CC[N@+](C)(CC(=O)OC)CC1. The van der Waals surface area contributed by atoms with E-state index >= 15 is 0 Å². The molecule has 0 saturated carbocycles. The molecule has 1 unspecified atom stereocenters. The van der Waals surface area contributed by atoms with Crippen LogP contribution in [0.3, 0.4) is 0 Å². The van der Waals surface area contributed by atoms with Gasteiger partial charge in [-0.3, -0.25) is 4.79 Å². The zero-order chi connectivity index (χ0) is 35.1. The van der Waals surface area contributed by atoms with Crippen LogP contribution < -0.4 is 5.32 Å². The molecule has 1 fully saturated rings. The number of hydrogen-bond acceptors (Lipinski definition) is 6. The Hall–Kier alpha value is -3.06. The maximum Gasteiger partial charge on any atom is 0.361 e. The van der Waals surface area contributed by atoms with E-state index in [2.05, 4.69) is 43.6 Å². The summed E-state index contributed by atoms with van der Waals surface area (Å²) >= 11 is 0. The van der Waals surface area contributed by atoms with Gasteiger partial charge in [0.15, 0.2) is 19.6 Å². The van der Waals surface area contributed by atoms with Crippen LogP contribution >= 0.6 is 0 Å². The van der Waals surface area contributed by atoms with Crippen molar-refractivity contribution in [3.05, 3.63) is 35.9 Å². The predicted octanol–water partition coefficient (Wildman–Crippen LogP) is 1.70. The van der Waals surface area contributed by atoms with Gasteiger partial charge in [-0.25, -0.2) is 14.4 Å². The molecule has 1 heterocycles. The second-order valence-electron chi connectivity index (χ2n) is 14.9. The van der Waals surface area contributed by atoms with Gasteiger partial charge in [0.2, 0.25) is 5.91 Å². The van der Waals surface area contributed by atoms with Crippen molar-refractivity contribution in [1.82, 2.24) is 5.32 Å². The molecule has 1 aromatic rings. The molecule has 1 amide bonds. The zero-order valence-electron chi connectivity index (χ0n) is 30.2. The molecule has 12 nitrogen and oxygen atoms in total. The first-order chi connectivity index (χ1) is 22.0. The van der Waals surface area contributed by atoms with Gasteiger partial charge in [-0.05, 0) is 24.3 Å². The molecule has 0 aliphatic carbocycles. The third-order valence-corrected chi connectivity index (χ3v) is 10.3. The highest BCUT2D eigenvalue weighted by Crippen LogP contribution is 2.21. The summed E-state index contributed by atoms with van der Waals surface area (Å²) in [4.78, 5) is 49.9. The number of unbranched alkanes of at least 4 members (excludes halogenated alkanes) is 1. The van der Waals surface area contributed by atoms with Gasteiger partial charge in [0.1, 0.15) is 52.4 Å². The van der Waals surface area contributed by atoms with Gasteiger partial charge in [0.05, 0.1) is 55.4 Å². The van der Waals surface area contributed by atoms with E-state index in [4.69, 9.17) is 9.47 Å². The van der Waals surface area contributed by atoms with E-state index < -0.39 is 5.97 Å². The summed E-state index contributed by atoms with van der Waals surface area (Å²) in [6.07, 6.45) is 3.41. The fraction of sp³-hybridized carbons (Fsp3) is 0.714. The van der Waals surface area contributed by atoms with Crippen LogP contribution in [0, 0.1) is 0 Å². The fourth-order valence-corrected chi connectivity index (χ4v) is 6.37. The third kappa shape index (κ3) is 14.7. The summed E-state index contributed by atoms with van der Waals surface area (Å²) in [5.74, 6) is -0.968. The van der Waals surface area contributed by atoms with Crippen LogP contribution in [0.2, 0.25) is 0 Å². The highest BCUT2D eigenvalue weighted by Gasteiger charge is 2.40. The Labute approximate surface area is 282 Å². The van der Waals surface area contributed by atoms with Gasteiger partial charge in [-0.2, -0.15) is 0 Å². The van der Waals surface area contributed by atoms with E-state index in [0.717, 1.165) is 19.3 Å². The predicted molar refractivity (Wildman–Crippen MR) is 181 cm³/mol. The quantitative estimate of drug-likeness (QED) is 0.166. The summed E-state index contributed by atoms with van der Waals surface area (Å²) in [5, 5.41) is 12.9. The summed E-state index contributed by atoms with van der Waals surface area (Å²) in [6.45, 7) is 8.82. The van der Waals surface area contributed by atoms with Crippen molar-refractivity contribution in [2.45, 2.75) is 38.5 Å². The lowest BCUT2D eigenvalue weighted by Crippen LogP contribution is -2.65. The summed E-state index contributed by atoms with van der Waals surface area (Å²) < 4.78 is 11.8. The summed E-state index contributed by atoms with van der Waals surface area (Å²) in [5.41, 5.74) is 1.34. The molecule has 5 atom stereocenters. The molecule has 47 heavy (non-hydrogen) atoms. The van der Waals surface area contributed by atoms with E-state index in [1.165, 1.54) is 19.8 Å². The molecule has 1 aliphatic heterocycles. The van der Waals surface area contributed by atoms with Crippen LogP contribution in [0.4, 0.5) is 0 Å². The number of hydrogen-bond donors (Lipinski definition) is 2. The van der Waals surface area contributed by atoms with Crippen LogP contribution in [0.1, 0.15) is 44.1 Å². The minimum atomic E-state index is -0.865. The maximum absolute atomic E-state index is 13.0. The van der Waals surface area contributed by atoms with Crippen molar-refractivity contribution >= 4 is 23.8 Å². The Morgan fingerprint density at radius 3 is 1.62 bits per heavy atom. The molecule has 1 saturated heterocycles. The van der Waals surface area contributed by atoms with Crippen molar-refractivity contribution < 1.29 is 51.7 Å². The fourth-order valence-electron chi connectivity index (χ4n) is 6.37. The van der Waals surface area contributed by atoms with Crippen LogP contribution in [0.5, 0.6) is 0 Å². The molecule has 0 spiro atoms. The number of esters is 2. The Morgan fingerprint density at radius 1 is 0.723 bits per heavy atom. The smallest absolute Gasteiger partial charge is 0.361 e. The topological polar surface area (TPSA) is 119 Å². The first kappa shape index (κ1) is 40.1. The lowest BCUT2D eigenvalue weighted by Gasteiger charge is -2.45. The number of carboxylic acid groups (broad SMARTS) is 1. The first-order valence-electron chi connectivity index (χ1n) is 17.1. The van der Waals surface area contributed by atoms with Crippen LogP contribution in [0.25, 0.3) is 0 Å². The number of ether oxygens (including phenoxy) is 2. The molecule has 1 aromatic carbocycles. The molecular formula is C35H63N5O7+4. The minimum absolute atomic E-state index is 0.0250. The number of carbonyl (C=O) groups excluding carboxylic acids is 3. The normalized spacial score (nSPS) is 27.8. The summed E-state index contributed by atoms with van der Waals surface area (Å²) in [7, 11) is 10.9. The Morgan fingerprint density at radius 2 is 1.17 bits per heavy atom. The average molecular weight is 666 g/mol. The van der Waals surface area contributed by atoms with Gasteiger partial charge < -0.3 is 37.8 Å². The number of carboxylic acids is 1. The number of nitrogens with one attached hydrogen (secondary N) is 1. The number of benzene rings is 1. The van der Waals surface area contributed by atoms with E-state index in [1.54, 1.807) is 0 Å². The Kier molecular flexibility index (Phi) is 15.8. The third-order valence-electron chi connectivity index (χ3n) is 10.3. The molecular weight excluding hydrogens is 602 g/mol. The molecule has 12 heteroatoms. The molecule has 2 rings (SSSR count). The van der Waals surface area contributed by atoms with Gasteiger partial charge in [0, 0.05) is 6.54 Å². The van der Waals surface area contributed by atoms with Gasteiger partial charge in [0.25, 0.3) is 0 Å². The number of rotatable bonds is 15. The molecule has 1 aliphatic rings. The van der Waals surface area contributed by atoms with Crippen molar-refractivity contribution in [2.75, 3.05) is 127 Å². The lowest BCUT2D eigenvalue weighted by atomic mass is 9.95. The van der Waals surface area contributed by atoms with Crippen molar-refractivity contribution in [2.24, 2.45) is 0 Å². The van der Waals surface area contributed by atoms with E-state index in [9.17, 15) is 24.3 Å². The van der Waals surface area contributed by atoms with E-state index in [-0.39, 0.29) is 37.5 Å². The molecule has 266 valence electrons. The molecule has 0 bridgehead atoms. The second kappa shape index (κ2) is 18.5. The summed E-state index contributed by atoms with van der Waals surface area (Å²) in [6, 6.07) is 10.5. The highest BCUT2D eigenvalue weighted by atomic mass is 16.5. The largest absolute Gasteiger partial charge is 0.477 e. The minimum Gasteiger partial charge on any atom is -0.477 e.